The van der Waals surface area contributed by atoms with Gasteiger partial charge in [-0.15, -0.1) is 0 Å². The third-order valence-electron chi connectivity index (χ3n) is 4.78. The number of para-hydroxylation sites is 1. The van der Waals surface area contributed by atoms with Crippen molar-refractivity contribution in [3.63, 3.8) is 0 Å². The van der Waals surface area contributed by atoms with Gasteiger partial charge in [-0.25, -0.2) is 0 Å². The van der Waals surface area contributed by atoms with Crippen molar-refractivity contribution in [2.75, 3.05) is 36.0 Å². The zero-order chi connectivity index (χ0) is 18.8. The summed E-state index contributed by atoms with van der Waals surface area (Å²) >= 11 is 0. The van der Waals surface area contributed by atoms with E-state index < -0.39 is 0 Å². The molecule has 136 valence electrons. The number of nitrogens with zero attached hydrogens (tertiary/aromatic N) is 8. The van der Waals surface area contributed by atoms with Crippen LogP contribution in [-0.2, 0) is 0 Å². The molecule has 0 radical (unpaired) electrons. The van der Waals surface area contributed by atoms with E-state index >= 15 is 0 Å². The molecule has 0 unspecified atom stereocenters. The summed E-state index contributed by atoms with van der Waals surface area (Å²) < 4.78 is 1.76. The van der Waals surface area contributed by atoms with E-state index in [1.165, 1.54) is 0 Å². The van der Waals surface area contributed by atoms with Gasteiger partial charge in [0.2, 0.25) is 5.95 Å². The van der Waals surface area contributed by atoms with E-state index in [0.717, 1.165) is 54.9 Å². The Morgan fingerprint density at radius 2 is 1.70 bits per heavy atom. The molecule has 1 saturated heterocycles. The van der Waals surface area contributed by atoms with Crippen LogP contribution in [0.4, 0.5) is 11.6 Å². The Bertz CT molecular complexity index is 981. The Kier molecular flexibility index (Phi) is 4.42. The molecule has 0 saturated carbocycles. The van der Waals surface area contributed by atoms with Crippen LogP contribution in [0.3, 0.4) is 0 Å². The number of hydrogen-bond donors (Lipinski definition) is 0. The van der Waals surface area contributed by atoms with Gasteiger partial charge in [0, 0.05) is 31.9 Å². The first-order chi connectivity index (χ1) is 13.2. The number of pyridine rings is 1. The summed E-state index contributed by atoms with van der Waals surface area (Å²) in [4.78, 5) is 8.83. The molecule has 3 heterocycles. The Morgan fingerprint density at radius 1 is 1.00 bits per heavy atom. The third kappa shape index (κ3) is 3.19. The number of benzene rings is 1. The van der Waals surface area contributed by atoms with Crippen LogP contribution in [0.25, 0.3) is 5.69 Å². The number of nitriles is 1. The summed E-state index contributed by atoms with van der Waals surface area (Å²) in [6.45, 7) is 6.98. The molecule has 1 aromatic carbocycles. The standard InChI is InChI=1S/C19H20N8/c1-14-12-18(17(13-20)15(2)21-14)25-8-10-26(11-9-25)19-22-23-24-27(19)16-6-4-3-5-7-16/h3-7,12H,8-11H2,1-2H3. The van der Waals surface area contributed by atoms with Crippen molar-refractivity contribution in [2.24, 2.45) is 0 Å². The third-order valence-corrected chi connectivity index (χ3v) is 4.78. The fourth-order valence-electron chi connectivity index (χ4n) is 3.46. The van der Waals surface area contributed by atoms with Gasteiger partial charge in [0.15, 0.2) is 0 Å². The average molecular weight is 360 g/mol. The smallest absolute Gasteiger partial charge is 0.250 e. The fourth-order valence-corrected chi connectivity index (χ4v) is 3.46. The lowest BCUT2D eigenvalue weighted by molar-refractivity contribution is 0.630. The van der Waals surface area contributed by atoms with E-state index in [0.29, 0.717) is 5.56 Å². The average Bonchev–Trinajstić information content (AvgIpc) is 3.18. The molecule has 8 nitrogen and oxygen atoms in total. The molecule has 4 rings (SSSR count). The molecule has 0 aliphatic carbocycles. The Hall–Kier alpha value is -3.47. The molecule has 1 fully saturated rings. The summed E-state index contributed by atoms with van der Waals surface area (Å²) in [5, 5.41) is 21.7. The lowest BCUT2D eigenvalue weighted by Gasteiger charge is -2.36. The van der Waals surface area contributed by atoms with Gasteiger partial charge in [-0.05, 0) is 42.5 Å². The largest absolute Gasteiger partial charge is 0.367 e. The van der Waals surface area contributed by atoms with Gasteiger partial charge < -0.3 is 9.80 Å². The second-order valence-electron chi connectivity index (χ2n) is 6.56. The van der Waals surface area contributed by atoms with Crippen LogP contribution in [0.5, 0.6) is 0 Å². The predicted octanol–water partition coefficient (Wildman–Crippen LogP) is 1.87. The monoisotopic (exact) mass is 360 g/mol. The second kappa shape index (κ2) is 7.03. The summed E-state index contributed by atoms with van der Waals surface area (Å²) in [7, 11) is 0. The summed E-state index contributed by atoms with van der Waals surface area (Å²) in [6.07, 6.45) is 0. The zero-order valence-corrected chi connectivity index (χ0v) is 15.4. The first-order valence-electron chi connectivity index (χ1n) is 8.89. The van der Waals surface area contributed by atoms with Crippen molar-refractivity contribution in [2.45, 2.75) is 13.8 Å². The summed E-state index contributed by atoms with van der Waals surface area (Å²) in [5.41, 5.74) is 4.26. The van der Waals surface area contributed by atoms with E-state index in [-0.39, 0.29) is 0 Å². The lowest BCUT2D eigenvalue weighted by atomic mass is 10.1. The molecule has 0 spiro atoms. The van der Waals surface area contributed by atoms with Crippen molar-refractivity contribution in [1.29, 1.82) is 5.26 Å². The molecule has 0 amide bonds. The van der Waals surface area contributed by atoms with Gasteiger partial charge in [0.25, 0.3) is 0 Å². The second-order valence-corrected chi connectivity index (χ2v) is 6.56. The van der Waals surface area contributed by atoms with Crippen LogP contribution in [0, 0.1) is 25.2 Å². The SMILES string of the molecule is Cc1cc(N2CCN(c3nnnn3-c3ccccc3)CC2)c(C#N)c(C)n1. The maximum atomic E-state index is 9.53. The van der Waals surface area contributed by atoms with Crippen LogP contribution in [0.15, 0.2) is 36.4 Å². The summed E-state index contributed by atoms with van der Waals surface area (Å²) in [5.74, 6) is 0.739. The first kappa shape index (κ1) is 17.0. The molecule has 1 aliphatic rings. The normalized spacial score (nSPS) is 14.3. The minimum Gasteiger partial charge on any atom is -0.367 e. The topological polar surface area (TPSA) is 86.8 Å². The minimum absolute atomic E-state index is 0.656. The number of anilines is 2. The molecular formula is C19H20N8. The highest BCUT2D eigenvalue weighted by Gasteiger charge is 2.24. The van der Waals surface area contributed by atoms with E-state index in [9.17, 15) is 5.26 Å². The van der Waals surface area contributed by atoms with Gasteiger partial charge in [-0.2, -0.15) is 9.94 Å². The number of hydrogen-bond acceptors (Lipinski definition) is 7. The number of rotatable bonds is 3. The van der Waals surface area contributed by atoms with Crippen LogP contribution < -0.4 is 9.80 Å². The van der Waals surface area contributed by atoms with E-state index in [1.54, 1.807) is 4.68 Å². The van der Waals surface area contributed by atoms with E-state index in [2.05, 4.69) is 36.4 Å². The van der Waals surface area contributed by atoms with E-state index in [1.807, 2.05) is 50.2 Å². The van der Waals surface area contributed by atoms with Crippen LogP contribution in [0.2, 0.25) is 0 Å². The highest BCUT2D eigenvalue weighted by Crippen LogP contribution is 2.25. The van der Waals surface area contributed by atoms with Gasteiger partial charge in [0.05, 0.1) is 22.6 Å². The van der Waals surface area contributed by atoms with E-state index in [4.69, 9.17) is 0 Å². The fraction of sp³-hybridized carbons (Fsp3) is 0.316. The highest BCUT2D eigenvalue weighted by molar-refractivity contribution is 5.62. The number of tetrazole rings is 1. The molecule has 3 aromatic rings. The van der Waals surface area contributed by atoms with Gasteiger partial charge in [-0.1, -0.05) is 23.3 Å². The van der Waals surface area contributed by atoms with Crippen LogP contribution >= 0.6 is 0 Å². The first-order valence-corrected chi connectivity index (χ1v) is 8.89. The Balaban J connectivity index is 1.55. The minimum atomic E-state index is 0.656. The molecule has 0 atom stereocenters. The lowest BCUT2D eigenvalue weighted by Crippen LogP contribution is -2.47. The van der Waals surface area contributed by atoms with Crippen LogP contribution in [0.1, 0.15) is 17.0 Å². The Labute approximate surface area is 157 Å². The predicted molar refractivity (Wildman–Crippen MR) is 102 cm³/mol. The van der Waals surface area contributed by atoms with Crippen molar-refractivity contribution in [1.82, 2.24) is 25.2 Å². The molecule has 8 heteroatoms. The van der Waals surface area contributed by atoms with Crippen molar-refractivity contribution in [3.05, 3.63) is 53.3 Å². The molecule has 27 heavy (non-hydrogen) atoms. The highest BCUT2D eigenvalue weighted by atomic mass is 15.6. The number of aromatic nitrogens is 5. The van der Waals surface area contributed by atoms with Crippen molar-refractivity contribution < 1.29 is 0 Å². The molecular weight excluding hydrogens is 340 g/mol. The van der Waals surface area contributed by atoms with Gasteiger partial charge in [-0.3, -0.25) is 4.98 Å². The maximum absolute atomic E-state index is 9.53. The van der Waals surface area contributed by atoms with Crippen molar-refractivity contribution in [3.8, 4) is 11.8 Å². The summed E-state index contributed by atoms with van der Waals surface area (Å²) in [6, 6.07) is 14.2. The van der Waals surface area contributed by atoms with Crippen LogP contribution in [-0.4, -0.2) is 51.4 Å². The van der Waals surface area contributed by atoms with Gasteiger partial charge >= 0.3 is 0 Å². The van der Waals surface area contributed by atoms with Crippen molar-refractivity contribution >= 4 is 11.6 Å². The maximum Gasteiger partial charge on any atom is 0.250 e. The number of aryl methyl sites for hydroxylation is 2. The van der Waals surface area contributed by atoms with Gasteiger partial charge in [0.1, 0.15) is 6.07 Å². The molecule has 1 aliphatic heterocycles. The number of piperazine rings is 1. The quantitative estimate of drug-likeness (QED) is 0.705. The molecule has 0 N–H and O–H groups in total. The molecule has 2 aromatic heterocycles. The zero-order valence-electron chi connectivity index (χ0n) is 15.4. The Morgan fingerprint density at radius 3 is 2.41 bits per heavy atom. The molecule has 0 bridgehead atoms.